The van der Waals surface area contributed by atoms with E-state index in [1.165, 1.54) is 19.4 Å². The van der Waals surface area contributed by atoms with Gasteiger partial charge in [0.2, 0.25) is 0 Å². The van der Waals surface area contributed by atoms with E-state index < -0.39 is 17.8 Å². The number of carbonyl (C=O) groups is 2. The van der Waals surface area contributed by atoms with E-state index in [4.69, 9.17) is 4.74 Å². The lowest BCUT2D eigenvalue weighted by Gasteiger charge is -2.17. The highest BCUT2D eigenvalue weighted by molar-refractivity contribution is 5.94. The number of aryl methyl sites for hydroxylation is 1. The van der Waals surface area contributed by atoms with E-state index in [0.29, 0.717) is 17.7 Å². The Morgan fingerprint density at radius 2 is 2.08 bits per heavy atom. The van der Waals surface area contributed by atoms with Crippen molar-refractivity contribution in [2.45, 2.75) is 19.4 Å². The largest absolute Gasteiger partial charge is 0.469 e. The molecule has 3 rings (SSSR count). The standard InChI is InChI=1S/C18H20FN3O3/c1-3-22-9-12(8-20-22)17(23)21-10-14(15(11-21)18(24)25-2)13-6-4-5-7-16(13)19/h4-9,14-15H,3,10-11H2,1-2H3/t14-,15+/m1/s1. The van der Waals surface area contributed by atoms with Crippen molar-refractivity contribution in [3.8, 4) is 0 Å². The van der Waals surface area contributed by atoms with Crippen LogP contribution in [-0.2, 0) is 16.1 Å². The average molecular weight is 345 g/mol. The zero-order valence-corrected chi connectivity index (χ0v) is 14.2. The van der Waals surface area contributed by atoms with E-state index in [0.717, 1.165) is 0 Å². The molecule has 1 saturated heterocycles. The van der Waals surface area contributed by atoms with E-state index in [9.17, 15) is 14.0 Å². The minimum absolute atomic E-state index is 0.196. The molecule has 7 heteroatoms. The first kappa shape index (κ1) is 17.1. The fourth-order valence-electron chi connectivity index (χ4n) is 3.28. The summed E-state index contributed by atoms with van der Waals surface area (Å²) in [5.41, 5.74) is 0.886. The molecule has 0 radical (unpaired) electrons. The molecule has 2 atom stereocenters. The Morgan fingerprint density at radius 3 is 2.72 bits per heavy atom. The quantitative estimate of drug-likeness (QED) is 0.796. The second kappa shape index (κ2) is 7.04. The van der Waals surface area contributed by atoms with Crippen molar-refractivity contribution in [2.75, 3.05) is 20.2 Å². The Morgan fingerprint density at radius 1 is 1.32 bits per heavy atom. The van der Waals surface area contributed by atoms with Crippen LogP contribution in [0, 0.1) is 11.7 Å². The number of hydrogen-bond acceptors (Lipinski definition) is 4. The van der Waals surface area contributed by atoms with Crippen LogP contribution in [0.25, 0.3) is 0 Å². The number of hydrogen-bond donors (Lipinski definition) is 0. The van der Waals surface area contributed by atoms with Crippen molar-refractivity contribution in [3.05, 3.63) is 53.6 Å². The molecule has 1 aliphatic heterocycles. The average Bonchev–Trinajstić information content (AvgIpc) is 3.28. The minimum atomic E-state index is -0.591. The molecular formula is C18H20FN3O3. The van der Waals surface area contributed by atoms with Gasteiger partial charge in [0, 0.05) is 31.7 Å². The van der Waals surface area contributed by atoms with Crippen molar-refractivity contribution < 1.29 is 18.7 Å². The molecule has 2 heterocycles. The normalized spacial score (nSPS) is 19.9. The van der Waals surface area contributed by atoms with Crippen LogP contribution >= 0.6 is 0 Å². The van der Waals surface area contributed by atoms with Crippen molar-refractivity contribution in [2.24, 2.45) is 5.92 Å². The van der Waals surface area contributed by atoms with E-state index in [2.05, 4.69) is 5.10 Å². The second-order valence-electron chi connectivity index (χ2n) is 6.05. The van der Waals surface area contributed by atoms with Gasteiger partial charge in [-0.15, -0.1) is 0 Å². The topological polar surface area (TPSA) is 64.4 Å². The van der Waals surface area contributed by atoms with Crippen molar-refractivity contribution in [1.29, 1.82) is 0 Å². The van der Waals surface area contributed by atoms with Gasteiger partial charge in [-0.05, 0) is 18.6 Å². The van der Waals surface area contributed by atoms with Gasteiger partial charge in [0.1, 0.15) is 5.82 Å². The summed E-state index contributed by atoms with van der Waals surface area (Å²) in [7, 11) is 1.30. The Bertz CT molecular complexity index is 789. The van der Waals surface area contributed by atoms with E-state index >= 15 is 0 Å². The number of benzene rings is 1. The fraction of sp³-hybridized carbons (Fsp3) is 0.389. The summed E-state index contributed by atoms with van der Waals surface area (Å²) in [4.78, 5) is 26.5. The molecule has 6 nitrogen and oxygen atoms in total. The molecule has 0 N–H and O–H groups in total. The van der Waals surface area contributed by atoms with Gasteiger partial charge in [0.05, 0.1) is 24.8 Å². The first-order valence-electron chi connectivity index (χ1n) is 8.19. The van der Waals surface area contributed by atoms with E-state index in [1.54, 1.807) is 34.0 Å². The number of carbonyl (C=O) groups excluding carboxylic acids is 2. The summed E-state index contributed by atoms with van der Waals surface area (Å²) in [5.74, 6) is -2.05. The maximum atomic E-state index is 14.2. The molecule has 0 unspecified atom stereocenters. The zero-order valence-electron chi connectivity index (χ0n) is 14.2. The van der Waals surface area contributed by atoms with Gasteiger partial charge in [-0.2, -0.15) is 5.10 Å². The Labute approximate surface area is 145 Å². The van der Waals surface area contributed by atoms with E-state index in [-0.39, 0.29) is 24.8 Å². The summed E-state index contributed by atoms with van der Waals surface area (Å²) in [6, 6.07) is 6.34. The third-order valence-electron chi connectivity index (χ3n) is 4.62. The molecule has 0 saturated carbocycles. The molecule has 132 valence electrons. The van der Waals surface area contributed by atoms with Crippen molar-refractivity contribution >= 4 is 11.9 Å². The van der Waals surface area contributed by atoms with Gasteiger partial charge in [-0.25, -0.2) is 4.39 Å². The number of rotatable bonds is 4. The monoisotopic (exact) mass is 345 g/mol. The molecule has 2 aromatic rings. The maximum Gasteiger partial charge on any atom is 0.311 e. The summed E-state index contributed by atoms with van der Waals surface area (Å²) < 4.78 is 20.7. The number of halogens is 1. The molecule has 1 aromatic carbocycles. The molecule has 0 aliphatic carbocycles. The molecule has 1 aromatic heterocycles. The highest BCUT2D eigenvalue weighted by Gasteiger charge is 2.42. The van der Waals surface area contributed by atoms with Gasteiger partial charge in [0.15, 0.2) is 0 Å². The number of methoxy groups -OCH3 is 1. The molecular weight excluding hydrogens is 325 g/mol. The van der Waals surface area contributed by atoms with Gasteiger partial charge >= 0.3 is 5.97 Å². The van der Waals surface area contributed by atoms with Crippen LogP contribution in [0.15, 0.2) is 36.7 Å². The Hall–Kier alpha value is -2.70. The molecule has 0 spiro atoms. The summed E-state index contributed by atoms with van der Waals surface area (Å²) in [6.07, 6.45) is 3.18. The predicted octanol–water partition coefficient (Wildman–Crippen LogP) is 2.07. The lowest BCUT2D eigenvalue weighted by atomic mass is 9.88. The fourth-order valence-corrected chi connectivity index (χ4v) is 3.28. The number of amides is 1. The number of ether oxygens (including phenoxy) is 1. The van der Waals surface area contributed by atoms with Crippen LogP contribution in [-0.4, -0.2) is 46.8 Å². The highest BCUT2D eigenvalue weighted by atomic mass is 19.1. The Balaban J connectivity index is 1.87. The lowest BCUT2D eigenvalue weighted by Crippen LogP contribution is -2.30. The highest BCUT2D eigenvalue weighted by Crippen LogP contribution is 2.35. The van der Waals surface area contributed by atoms with Crippen LogP contribution in [0.2, 0.25) is 0 Å². The molecule has 0 bridgehead atoms. The zero-order chi connectivity index (χ0) is 18.0. The van der Waals surface area contributed by atoms with Gasteiger partial charge in [-0.1, -0.05) is 18.2 Å². The predicted molar refractivity (Wildman–Crippen MR) is 88.5 cm³/mol. The maximum absolute atomic E-state index is 14.2. The summed E-state index contributed by atoms with van der Waals surface area (Å²) in [6.45, 7) is 3.05. The van der Waals surface area contributed by atoms with Crippen molar-refractivity contribution in [3.63, 3.8) is 0 Å². The smallest absolute Gasteiger partial charge is 0.311 e. The van der Waals surface area contributed by atoms with Crippen LogP contribution in [0.3, 0.4) is 0 Å². The Kier molecular flexibility index (Phi) is 4.83. The second-order valence-corrected chi connectivity index (χ2v) is 6.05. The number of likely N-dealkylation sites (tertiary alicyclic amines) is 1. The number of nitrogens with zero attached hydrogens (tertiary/aromatic N) is 3. The molecule has 1 aliphatic rings. The first-order chi connectivity index (χ1) is 12.0. The third kappa shape index (κ3) is 3.26. The number of esters is 1. The summed E-state index contributed by atoms with van der Waals surface area (Å²) in [5, 5.41) is 4.11. The van der Waals surface area contributed by atoms with Gasteiger partial charge in [-0.3, -0.25) is 14.3 Å². The first-order valence-corrected chi connectivity index (χ1v) is 8.19. The number of aromatic nitrogens is 2. The molecule has 1 amide bonds. The van der Waals surface area contributed by atoms with Crippen LogP contribution < -0.4 is 0 Å². The lowest BCUT2D eigenvalue weighted by molar-refractivity contribution is -0.145. The summed E-state index contributed by atoms with van der Waals surface area (Å²) >= 11 is 0. The van der Waals surface area contributed by atoms with Crippen LogP contribution in [0.5, 0.6) is 0 Å². The van der Waals surface area contributed by atoms with Crippen LogP contribution in [0.1, 0.15) is 28.8 Å². The van der Waals surface area contributed by atoms with Gasteiger partial charge in [0.25, 0.3) is 5.91 Å². The van der Waals surface area contributed by atoms with E-state index in [1.807, 2.05) is 6.92 Å². The molecule has 1 fully saturated rings. The third-order valence-corrected chi connectivity index (χ3v) is 4.62. The van der Waals surface area contributed by atoms with Gasteiger partial charge < -0.3 is 9.64 Å². The SMILES string of the molecule is CCn1cc(C(=O)N2C[C@H](C(=O)OC)[C@@H](c3ccccc3F)C2)cn1. The van der Waals surface area contributed by atoms with Crippen molar-refractivity contribution in [1.82, 2.24) is 14.7 Å². The minimum Gasteiger partial charge on any atom is -0.469 e. The van der Waals surface area contributed by atoms with Crippen LogP contribution in [0.4, 0.5) is 4.39 Å². The molecule has 25 heavy (non-hydrogen) atoms.